The third-order valence-corrected chi connectivity index (χ3v) is 2.96. The topological polar surface area (TPSA) is 55.1 Å². The first-order valence-corrected chi connectivity index (χ1v) is 5.42. The highest BCUT2D eigenvalue weighted by Crippen LogP contribution is 2.18. The third-order valence-electron chi connectivity index (χ3n) is 1.90. The van der Waals surface area contributed by atoms with Crippen molar-refractivity contribution < 1.29 is 4.79 Å². The van der Waals surface area contributed by atoms with Crippen molar-refractivity contribution >= 4 is 17.2 Å². The number of hydrogen-bond donors (Lipinski definition) is 2. The van der Waals surface area contributed by atoms with E-state index in [2.05, 4.69) is 5.32 Å². The Morgan fingerprint density at radius 2 is 2.29 bits per heavy atom. The molecule has 0 fully saturated rings. The molecule has 1 amide bonds. The second kappa shape index (κ2) is 4.11. The molecule has 3 nitrogen and oxygen atoms in total. The van der Waals surface area contributed by atoms with Gasteiger partial charge in [-0.05, 0) is 32.2 Å². The second-order valence-electron chi connectivity index (χ2n) is 3.93. The van der Waals surface area contributed by atoms with Gasteiger partial charge in [0.05, 0.1) is 11.6 Å². The summed E-state index contributed by atoms with van der Waals surface area (Å²) in [5, 5.41) is 4.86. The molecule has 0 saturated carbocycles. The molecule has 1 unspecified atom stereocenters. The second-order valence-corrected chi connectivity index (χ2v) is 4.91. The summed E-state index contributed by atoms with van der Waals surface area (Å²) in [6, 6.07) is 4.00. The number of hydrogen-bond acceptors (Lipinski definition) is 3. The molecule has 0 aliphatic heterocycles. The number of nitrogens with two attached hydrogens (primary N) is 1. The highest BCUT2D eigenvalue weighted by Gasteiger charge is 2.23. The molecule has 0 radical (unpaired) electrons. The van der Waals surface area contributed by atoms with Crippen molar-refractivity contribution in [2.75, 3.05) is 0 Å². The van der Waals surface area contributed by atoms with Gasteiger partial charge in [0.15, 0.2) is 0 Å². The first-order valence-electron chi connectivity index (χ1n) is 4.54. The van der Waals surface area contributed by atoms with Crippen molar-refractivity contribution in [1.82, 2.24) is 5.32 Å². The first kappa shape index (κ1) is 11.2. The Hall–Kier alpha value is -0.870. The Kier molecular flexibility index (Phi) is 3.29. The van der Waals surface area contributed by atoms with Gasteiger partial charge in [-0.2, -0.15) is 0 Å². The van der Waals surface area contributed by atoms with Crippen LogP contribution in [0.4, 0.5) is 0 Å². The molecule has 3 N–H and O–H groups in total. The fourth-order valence-corrected chi connectivity index (χ4v) is 1.73. The maximum absolute atomic E-state index is 11.5. The van der Waals surface area contributed by atoms with E-state index in [0.29, 0.717) is 0 Å². The van der Waals surface area contributed by atoms with Crippen LogP contribution < -0.4 is 11.1 Å². The van der Waals surface area contributed by atoms with Gasteiger partial charge in [-0.3, -0.25) is 4.79 Å². The molecule has 1 aromatic heterocycles. The Labute approximate surface area is 88.3 Å². The van der Waals surface area contributed by atoms with Crippen LogP contribution >= 0.6 is 11.3 Å². The summed E-state index contributed by atoms with van der Waals surface area (Å²) >= 11 is 1.63. The fourth-order valence-electron chi connectivity index (χ4n) is 0.991. The third kappa shape index (κ3) is 2.82. The molecular weight excluding hydrogens is 196 g/mol. The van der Waals surface area contributed by atoms with Crippen LogP contribution in [0.2, 0.25) is 0 Å². The normalized spacial score (nSPS) is 13.7. The molecule has 1 rings (SSSR count). The minimum Gasteiger partial charge on any atom is -0.347 e. The number of carbonyl (C=O) groups is 1. The van der Waals surface area contributed by atoms with E-state index in [1.54, 1.807) is 25.2 Å². The molecule has 0 bridgehead atoms. The Bertz CT molecular complexity index is 300. The predicted molar refractivity (Wildman–Crippen MR) is 59.1 cm³/mol. The summed E-state index contributed by atoms with van der Waals surface area (Å²) in [6.45, 7) is 5.35. The summed E-state index contributed by atoms with van der Waals surface area (Å²) in [7, 11) is 0. The minimum atomic E-state index is -0.814. The molecule has 1 heterocycles. The van der Waals surface area contributed by atoms with E-state index in [0.717, 1.165) is 4.88 Å². The van der Waals surface area contributed by atoms with Gasteiger partial charge in [-0.25, -0.2) is 0 Å². The zero-order valence-electron chi connectivity index (χ0n) is 8.70. The van der Waals surface area contributed by atoms with Gasteiger partial charge in [0, 0.05) is 4.88 Å². The maximum atomic E-state index is 11.5. The number of amides is 1. The van der Waals surface area contributed by atoms with Crippen LogP contribution in [-0.2, 0) is 4.79 Å². The monoisotopic (exact) mass is 212 g/mol. The Morgan fingerprint density at radius 1 is 1.64 bits per heavy atom. The molecule has 0 aliphatic rings. The van der Waals surface area contributed by atoms with Crippen LogP contribution in [0, 0.1) is 0 Å². The number of rotatable bonds is 3. The number of carbonyl (C=O) groups excluding carboxylic acids is 1. The van der Waals surface area contributed by atoms with Gasteiger partial charge >= 0.3 is 0 Å². The van der Waals surface area contributed by atoms with Gasteiger partial charge in [0.2, 0.25) is 5.91 Å². The molecule has 14 heavy (non-hydrogen) atoms. The number of thiophene rings is 1. The molecule has 0 aliphatic carbocycles. The lowest BCUT2D eigenvalue weighted by Gasteiger charge is -2.21. The van der Waals surface area contributed by atoms with E-state index in [4.69, 9.17) is 5.73 Å². The summed E-state index contributed by atoms with van der Waals surface area (Å²) in [6.07, 6.45) is 0. The van der Waals surface area contributed by atoms with Crippen LogP contribution in [0.1, 0.15) is 31.7 Å². The summed E-state index contributed by atoms with van der Waals surface area (Å²) in [4.78, 5) is 12.7. The van der Waals surface area contributed by atoms with Gasteiger partial charge < -0.3 is 11.1 Å². The van der Waals surface area contributed by atoms with Crippen LogP contribution in [0.25, 0.3) is 0 Å². The first-order chi connectivity index (χ1) is 6.41. The summed E-state index contributed by atoms with van der Waals surface area (Å²) in [5.74, 6) is -0.126. The Morgan fingerprint density at radius 3 is 2.71 bits per heavy atom. The quantitative estimate of drug-likeness (QED) is 0.800. The zero-order chi connectivity index (χ0) is 10.8. The average molecular weight is 212 g/mol. The van der Waals surface area contributed by atoms with E-state index < -0.39 is 5.54 Å². The highest BCUT2D eigenvalue weighted by atomic mass is 32.1. The van der Waals surface area contributed by atoms with Gasteiger partial charge in [0.1, 0.15) is 0 Å². The molecule has 0 saturated heterocycles. The van der Waals surface area contributed by atoms with Crippen LogP contribution in [0.15, 0.2) is 17.5 Å². The molecule has 78 valence electrons. The molecule has 1 atom stereocenters. The average Bonchev–Trinajstić information content (AvgIpc) is 2.53. The molecule has 1 aromatic rings. The van der Waals surface area contributed by atoms with Crippen LogP contribution in [0.3, 0.4) is 0 Å². The fraction of sp³-hybridized carbons (Fsp3) is 0.500. The van der Waals surface area contributed by atoms with Crippen molar-refractivity contribution in [3.8, 4) is 0 Å². The van der Waals surface area contributed by atoms with E-state index in [1.807, 2.05) is 24.4 Å². The van der Waals surface area contributed by atoms with Crippen molar-refractivity contribution in [3.05, 3.63) is 22.4 Å². The zero-order valence-corrected chi connectivity index (χ0v) is 9.52. The Balaban J connectivity index is 2.58. The van der Waals surface area contributed by atoms with Crippen molar-refractivity contribution in [2.45, 2.75) is 32.4 Å². The standard InChI is InChI=1S/C10H16N2OS/c1-7(8-5-4-6-14-8)12-9(13)10(2,3)11/h4-7H,11H2,1-3H3,(H,12,13). The minimum absolute atomic E-state index is 0.0327. The summed E-state index contributed by atoms with van der Waals surface area (Å²) in [5.41, 5.74) is 4.86. The van der Waals surface area contributed by atoms with Gasteiger partial charge in [0.25, 0.3) is 0 Å². The van der Waals surface area contributed by atoms with Gasteiger partial charge in [-0.1, -0.05) is 6.07 Å². The van der Waals surface area contributed by atoms with Crippen molar-refractivity contribution in [3.63, 3.8) is 0 Å². The molecular formula is C10H16N2OS. The largest absolute Gasteiger partial charge is 0.347 e. The highest BCUT2D eigenvalue weighted by molar-refractivity contribution is 7.10. The molecule has 0 spiro atoms. The lowest BCUT2D eigenvalue weighted by molar-refractivity contribution is -0.125. The lowest BCUT2D eigenvalue weighted by Crippen LogP contribution is -2.49. The SMILES string of the molecule is CC(NC(=O)C(C)(C)N)c1cccs1. The maximum Gasteiger partial charge on any atom is 0.240 e. The van der Waals surface area contributed by atoms with E-state index in [9.17, 15) is 4.79 Å². The van der Waals surface area contributed by atoms with Crippen molar-refractivity contribution in [2.24, 2.45) is 5.73 Å². The lowest BCUT2D eigenvalue weighted by atomic mass is 10.1. The van der Waals surface area contributed by atoms with Crippen LogP contribution in [-0.4, -0.2) is 11.4 Å². The molecule has 0 aromatic carbocycles. The predicted octanol–water partition coefficient (Wildman–Crippen LogP) is 1.66. The number of nitrogens with one attached hydrogen (secondary N) is 1. The van der Waals surface area contributed by atoms with Crippen molar-refractivity contribution in [1.29, 1.82) is 0 Å². The molecule has 4 heteroatoms. The van der Waals surface area contributed by atoms with E-state index in [1.165, 1.54) is 0 Å². The van der Waals surface area contributed by atoms with E-state index in [-0.39, 0.29) is 11.9 Å². The summed E-state index contributed by atoms with van der Waals surface area (Å²) < 4.78 is 0. The van der Waals surface area contributed by atoms with Gasteiger partial charge in [-0.15, -0.1) is 11.3 Å². The van der Waals surface area contributed by atoms with Crippen LogP contribution in [0.5, 0.6) is 0 Å². The smallest absolute Gasteiger partial charge is 0.240 e. The van der Waals surface area contributed by atoms with E-state index >= 15 is 0 Å².